The van der Waals surface area contributed by atoms with Crippen molar-refractivity contribution < 1.29 is 29.2 Å². The molecular formula is C18H36N6O6. The number of carbonyl (C=O) groups is 1. The summed E-state index contributed by atoms with van der Waals surface area (Å²) in [6.45, 7) is 1.61. The van der Waals surface area contributed by atoms with Crippen molar-refractivity contribution in [3.05, 3.63) is 0 Å². The van der Waals surface area contributed by atoms with Crippen LogP contribution in [0.1, 0.15) is 19.8 Å². The maximum atomic E-state index is 12.4. The smallest absolute Gasteiger partial charge is 0.244 e. The molecule has 12 nitrogen and oxygen atoms in total. The average molecular weight is 433 g/mol. The van der Waals surface area contributed by atoms with E-state index in [1.165, 1.54) is 19.1 Å². The molecule has 1 saturated heterocycles. The molecule has 1 amide bonds. The summed E-state index contributed by atoms with van der Waals surface area (Å²) in [7, 11) is 2.84. The predicted molar refractivity (Wildman–Crippen MR) is 109 cm³/mol. The van der Waals surface area contributed by atoms with Crippen molar-refractivity contribution in [2.24, 2.45) is 27.9 Å². The van der Waals surface area contributed by atoms with Crippen molar-refractivity contribution in [1.29, 1.82) is 0 Å². The minimum atomic E-state index is -1.28. The number of aliphatic hydroxyl groups excluding tert-OH is 2. The molecule has 0 aromatic carbocycles. The van der Waals surface area contributed by atoms with E-state index in [1.54, 1.807) is 0 Å². The van der Waals surface area contributed by atoms with Crippen LogP contribution in [0.2, 0.25) is 0 Å². The first kappa shape index (κ1) is 24.9. The molecule has 2 aliphatic rings. The molecule has 1 aliphatic carbocycles. The number of nitrogens with two attached hydrogens (primary N) is 4. The van der Waals surface area contributed by atoms with E-state index in [4.69, 9.17) is 37.1 Å². The van der Waals surface area contributed by atoms with Gasteiger partial charge in [-0.3, -0.25) is 9.79 Å². The molecule has 0 aromatic rings. The highest BCUT2D eigenvalue weighted by Crippen LogP contribution is 2.31. The third kappa shape index (κ3) is 5.26. The Morgan fingerprint density at radius 1 is 1.30 bits per heavy atom. The van der Waals surface area contributed by atoms with Gasteiger partial charge in [-0.1, -0.05) is 0 Å². The van der Waals surface area contributed by atoms with E-state index < -0.39 is 54.7 Å². The van der Waals surface area contributed by atoms with Crippen LogP contribution >= 0.6 is 0 Å². The molecule has 2 fully saturated rings. The van der Waals surface area contributed by atoms with Crippen LogP contribution in [0, 0.1) is 0 Å². The fraction of sp³-hybridized carbons (Fsp3) is 0.889. The molecule has 12 heteroatoms. The zero-order valence-corrected chi connectivity index (χ0v) is 17.7. The number of nitrogens with zero attached hydrogens (tertiary/aromatic N) is 2. The molecule has 174 valence electrons. The molecule has 1 heterocycles. The molecular weight excluding hydrogens is 396 g/mol. The molecule has 10 atom stereocenters. The van der Waals surface area contributed by atoms with Crippen molar-refractivity contribution in [2.75, 3.05) is 20.7 Å². The summed E-state index contributed by atoms with van der Waals surface area (Å²) in [6, 6.07) is -2.62. The highest BCUT2D eigenvalue weighted by molar-refractivity contribution is 5.79. The van der Waals surface area contributed by atoms with E-state index in [0.717, 1.165) is 6.34 Å². The summed E-state index contributed by atoms with van der Waals surface area (Å²) in [6.07, 6.45) is -3.29. The molecule has 1 saturated carbocycles. The highest BCUT2D eigenvalue weighted by atomic mass is 16.7. The maximum Gasteiger partial charge on any atom is 0.244 e. The second-order valence-electron chi connectivity index (χ2n) is 7.99. The number of rotatable bonds is 7. The van der Waals surface area contributed by atoms with Crippen molar-refractivity contribution in [1.82, 2.24) is 4.90 Å². The Balaban J connectivity index is 2.23. The summed E-state index contributed by atoms with van der Waals surface area (Å²) in [5.74, 6) is -0.424. The topological polar surface area (TPSA) is 205 Å². The highest BCUT2D eigenvalue weighted by Gasteiger charge is 2.53. The summed E-state index contributed by atoms with van der Waals surface area (Å²) in [5, 5.41) is 21.8. The van der Waals surface area contributed by atoms with Gasteiger partial charge in [-0.05, 0) is 19.8 Å². The van der Waals surface area contributed by atoms with Gasteiger partial charge in [0.2, 0.25) is 5.91 Å². The van der Waals surface area contributed by atoms with Crippen LogP contribution in [-0.4, -0.2) is 109 Å². The summed E-state index contributed by atoms with van der Waals surface area (Å²) in [5.41, 5.74) is 23.5. The summed E-state index contributed by atoms with van der Waals surface area (Å²) < 4.78 is 17.2. The first-order chi connectivity index (χ1) is 14.1. The normalized spacial score (nSPS) is 41.0. The number of aliphatic hydroxyl groups is 2. The summed E-state index contributed by atoms with van der Waals surface area (Å²) in [4.78, 5) is 17.4. The van der Waals surface area contributed by atoms with Gasteiger partial charge in [0.1, 0.15) is 24.9 Å². The van der Waals surface area contributed by atoms with E-state index in [9.17, 15) is 15.0 Å². The maximum absolute atomic E-state index is 12.4. The van der Waals surface area contributed by atoms with Crippen LogP contribution < -0.4 is 22.9 Å². The number of likely N-dealkylation sites (N-methyl/N-ethyl adjacent to an activating group) is 1. The van der Waals surface area contributed by atoms with E-state index in [1.807, 2.05) is 6.92 Å². The zero-order chi connectivity index (χ0) is 22.6. The van der Waals surface area contributed by atoms with E-state index >= 15 is 0 Å². The third-order valence-electron chi connectivity index (χ3n) is 5.90. The largest absolute Gasteiger partial charge is 0.390 e. The van der Waals surface area contributed by atoms with Crippen molar-refractivity contribution >= 4 is 12.2 Å². The minimum Gasteiger partial charge on any atom is -0.390 e. The predicted octanol–water partition coefficient (Wildman–Crippen LogP) is -3.56. The molecule has 30 heavy (non-hydrogen) atoms. The van der Waals surface area contributed by atoms with Crippen LogP contribution in [0.4, 0.5) is 0 Å². The lowest BCUT2D eigenvalue weighted by Crippen LogP contribution is -2.72. The average Bonchev–Trinajstić information content (AvgIpc) is 2.72. The van der Waals surface area contributed by atoms with Crippen LogP contribution in [0.3, 0.4) is 0 Å². The van der Waals surface area contributed by atoms with E-state index in [0.29, 0.717) is 12.8 Å². The third-order valence-corrected chi connectivity index (χ3v) is 5.90. The van der Waals surface area contributed by atoms with Crippen LogP contribution in [0.15, 0.2) is 4.99 Å². The van der Waals surface area contributed by atoms with Gasteiger partial charge in [0, 0.05) is 20.2 Å². The first-order valence-electron chi connectivity index (χ1n) is 10.1. The zero-order valence-electron chi connectivity index (χ0n) is 17.7. The van der Waals surface area contributed by atoms with Crippen LogP contribution in [-0.2, 0) is 19.0 Å². The molecule has 0 spiro atoms. The SMILES string of the molecule is COC1C(N(C)C(=O)CN=CN)C(O)C(OC2OC(C(C)N)CCC2N)C(N)[C@H]1O. The Hall–Kier alpha value is -1.38. The van der Waals surface area contributed by atoms with Gasteiger partial charge in [-0.2, -0.15) is 0 Å². The van der Waals surface area contributed by atoms with Crippen molar-refractivity contribution in [2.45, 2.75) is 80.7 Å². The molecule has 1 aliphatic heterocycles. The number of ether oxygens (including phenoxy) is 3. The van der Waals surface area contributed by atoms with Crippen LogP contribution in [0.25, 0.3) is 0 Å². The lowest BCUT2D eigenvalue weighted by molar-refractivity contribution is -0.267. The number of hydrogen-bond donors (Lipinski definition) is 6. The number of carbonyl (C=O) groups excluding carboxylic acids is 1. The lowest BCUT2D eigenvalue weighted by atomic mass is 9.80. The molecule has 10 N–H and O–H groups in total. The van der Waals surface area contributed by atoms with Gasteiger partial charge >= 0.3 is 0 Å². The van der Waals surface area contributed by atoms with Crippen molar-refractivity contribution in [3.63, 3.8) is 0 Å². The van der Waals surface area contributed by atoms with Gasteiger partial charge < -0.3 is 52.3 Å². The Kier molecular flexibility index (Phi) is 8.94. The monoisotopic (exact) mass is 432 g/mol. The van der Waals surface area contributed by atoms with Gasteiger partial charge in [0.05, 0.1) is 36.7 Å². The van der Waals surface area contributed by atoms with Gasteiger partial charge in [-0.25, -0.2) is 0 Å². The van der Waals surface area contributed by atoms with Gasteiger partial charge in [0.25, 0.3) is 0 Å². The second kappa shape index (κ2) is 10.8. The second-order valence-corrected chi connectivity index (χ2v) is 7.99. The molecule has 0 bridgehead atoms. The Morgan fingerprint density at radius 3 is 2.53 bits per heavy atom. The quantitative estimate of drug-likeness (QED) is 0.172. The summed E-state index contributed by atoms with van der Waals surface area (Å²) >= 11 is 0. The number of amides is 1. The van der Waals surface area contributed by atoms with Gasteiger partial charge in [0.15, 0.2) is 6.29 Å². The molecule has 9 unspecified atom stereocenters. The molecule has 0 aromatic heterocycles. The standard InChI is InChI=1S/C18H36N6O6/c1-8(20)10-5-4-9(21)18(29-10)30-16-12(22)14(26)17(28-3)13(15(16)27)24(2)11(25)6-23-7-19/h7-10,12-18,26-27H,4-6,20-22H2,1-3H3,(H2,19,23)/t8?,9?,10?,12?,13?,14-,15?,16?,17?,18?/m1/s1. The Labute approximate surface area is 176 Å². The lowest BCUT2D eigenvalue weighted by Gasteiger charge is -2.50. The van der Waals surface area contributed by atoms with E-state index in [2.05, 4.69) is 4.99 Å². The number of methoxy groups -OCH3 is 1. The Morgan fingerprint density at radius 2 is 1.97 bits per heavy atom. The molecule has 2 rings (SSSR count). The van der Waals surface area contributed by atoms with E-state index in [-0.39, 0.29) is 18.7 Å². The first-order valence-corrected chi connectivity index (χ1v) is 10.1. The minimum absolute atomic E-state index is 0.215. The number of aliphatic imine (C=N–C) groups is 1. The Bertz CT molecular complexity index is 596. The van der Waals surface area contributed by atoms with Gasteiger partial charge in [-0.15, -0.1) is 0 Å². The van der Waals surface area contributed by atoms with Crippen molar-refractivity contribution in [3.8, 4) is 0 Å². The number of hydrogen-bond acceptors (Lipinski definition) is 10. The van der Waals surface area contributed by atoms with Crippen LogP contribution in [0.5, 0.6) is 0 Å². The fourth-order valence-electron chi connectivity index (χ4n) is 4.05. The molecule has 0 radical (unpaired) electrons. The fourth-order valence-corrected chi connectivity index (χ4v) is 4.05.